The van der Waals surface area contributed by atoms with E-state index in [4.69, 9.17) is 11.5 Å². The highest BCUT2D eigenvalue weighted by Gasteiger charge is 2.32. The molecule has 1 aliphatic heterocycles. The number of rotatable bonds is 14. The molecule has 3 aromatic heterocycles. The summed E-state index contributed by atoms with van der Waals surface area (Å²) in [4.78, 5) is 24.3. The number of piperidine rings is 1. The maximum atomic E-state index is 13.5. The van der Waals surface area contributed by atoms with E-state index in [0.717, 1.165) is 79.8 Å². The number of fused-ring (bicyclic) bond motifs is 1. The van der Waals surface area contributed by atoms with Crippen LogP contribution in [0.5, 0.6) is 0 Å². The van der Waals surface area contributed by atoms with Gasteiger partial charge in [-0.25, -0.2) is 13.2 Å². The van der Waals surface area contributed by atoms with Gasteiger partial charge in [0.05, 0.1) is 10.6 Å². The number of sulfonamides is 1. The molecule has 0 aliphatic carbocycles. The van der Waals surface area contributed by atoms with Crippen molar-refractivity contribution in [1.29, 1.82) is 0 Å². The van der Waals surface area contributed by atoms with E-state index in [-0.39, 0.29) is 28.5 Å². The minimum atomic E-state index is -3.54. The van der Waals surface area contributed by atoms with Gasteiger partial charge >= 0.3 is 5.69 Å². The highest BCUT2D eigenvalue weighted by atomic mass is 32.2. The van der Waals surface area contributed by atoms with E-state index < -0.39 is 10.0 Å². The molecule has 0 radical (unpaired) electrons. The standard InChI is InChI=1S/C21H29N7O.C20H31N5O2S/c1-21(2,3)17-11-15-13-28(20(29)27-18(15)26-17)16-7-5-14(6-8-16)12-24-9-4-10-25-19(22)23;1-20(2,3)17-5-7-19(8-6-17)28(26,27)25(18-9-11-21-12-10-18)14-4-13-24-15-22-23-16-24/h5-8,11,13,24H,4,9-10,12H2,1-3H3,(H4,22,23,25)(H,26,27,29);5-8,15-16,18,21H,4,9-14H2,1-3H3. The van der Waals surface area contributed by atoms with Crippen molar-refractivity contribution < 1.29 is 8.42 Å². The summed E-state index contributed by atoms with van der Waals surface area (Å²) in [6, 6.07) is 17.3. The van der Waals surface area contributed by atoms with Crippen molar-refractivity contribution >= 4 is 27.0 Å². The van der Waals surface area contributed by atoms with E-state index in [9.17, 15) is 13.2 Å². The third kappa shape index (κ3) is 12.1. The van der Waals surface area contributed by atoms with Gasteiger partial charge in [-0.05, 0) is 92.2 Å². The maximum absolute atomic E-state index is 13.5. The number of guanidine groups is 1. The van der Waals surface area contributed by atoms with Crippen LogP contribution >= 0.6 is 0 Å². The molecule has 4 heterocycles. The Morgan fingerprint density at radius 1 is 0.947 bits per heavy atom. The first-order chi connectivity index (χ1) is 27.0. The number of nitrogens with zero attached hydrogens (tertiary/aromatic N) is 7. The molecule has 0 amide bonds. The zero-order valence-electron chi connectivity index (χ0n) is 34.2. The molecule has 16 heteroatoms. The van der Waals surface area contributed by atoms with Crippen LogP contribution in [0, 0.1) is 0 Å². The first-order valence-corrected chi connectivity index (χ1v) is 21.1. The Bertz CT molecular complexity index is 2210. The zero-order chi connectivity index (χ0) is 41.2. The molecule has 1 aliphatic rings. The first-order valence-electron chi connectivity index (χ1n) is 19.7. The fourth-order valence-corrected chi connectivity index (χ4v) is 8.33. The van der Waals surface area contributed by atoms with Gasteiger partial charge in [0.2, 0.25) is 10.0 Å². The van der Waals surface area contributed by atoms with Crippen LogP contribution < -0.4 is 27.8 Å². The van der Waals surface area contributed by atoms with E-state index in [0.29, 0.717) is 30.2 Å². The van der Waals surface area contributed by atoms with Crippen LogP contribution in [0.1, 0.15) is 84.0 Å². The van der Waals surface area contributed by atoms with Gasteiger partial charge in [-0.1, -0.05) is 65.8 Å². The van der Waals surface area contributed by atoms with Crippen LogP contribution in [0.15, 0.2) is 88.1 Å². The van der Waals surface area contributed by atoms with E-state index in [2.05, 4.69) is 83.4 Å². The van der Waals surface area contributed by atoms with Crippen molar-refractivity contribution in [3.63, 3.8) is 0 Å². The van der Waals surface area contributed by atoms with E-state index in [1.165, 1.54) is 0 Å². The van der Waals surface area contributed by atoms with Crippen molar-refractivity contribution in [2.45, 2.75) is 102 Å². The van der Waals surface area contributed by atoms with E-state index in [1.807, 2.05) is 47.2 Å². The predicted octanol–water partition coefficient (Wildman–Crippen LogP) is 4.17. The SMILES string of the molecule is CC(C)(C)c1cc2cn(-c3ccc(CNCCCN=C(N)N)cc3)c(=O)nc2[nH]1.CC(C)(C)c1ccc(S(=O)(=O)N(CCCn2cnnc2)C2CCNCC2)cc1. The van der Waals surface area contributed by atoms with Crippen LogP contribution in [0.25, 0.3) is 16.7 Å². The van der Waals surface area contributed by atoms with Gasteiger partial charge in [0.25, 0.3) is 0 Å². The fraction of sp³-hybridized carbons (Fsp3) is 0.488. The third-order valence-corrected chi connectivity index (χ3v) is 11.9. The lowest BCUT2D eigenvalue weighted by Gasteiger charge is -2.34. The molecule has 0 atom stereocenters. The average molecular weight is 801 g/mol. The molecular weight excluding hydrogens is 741 g/mol. The molecule has 5 aromatic rings. The highest BCUT2D eigenvalue weighted by Crippen LogP contribution is 2.28. The summed E-state index contributed by atoms with van der Waals surface area (Å²) >= 11 is 0. The molecule has 15 nitrogen and oxygen atoms in total. The molecule has 0 saturated carbocycles. The number of aryl methyl sites for hydroxylation is 1. The van der Waals surface area contributed by atoms with Crippen LogP contribution in [0.2, 0.25) is 0 Å². The summed E-state index contributed by atoms with van der Waals surface area (Å²) in [6.45, 7) is 17.8. The van der Waals surface area contributed by atoms with Crippen LogP contribution in [-0.4, -0.2) is 86.7 Å². The van der Waals surface area contributed by atoms with Crippen molar-refractivity contribution in [2.24, 2.45) is 16.5 Å². The number of benzene rings is 2. The molecule has 57 heavy (non-hydrogen) atoms. The van der Waals surface area contributed by atoms with E-state index in [1.54, 1.807) is 33.7 Å². The lowest BCUT2D eigenvalue weighted by molar-refractivity contribution is 0.256. The third-order valence-electron chi connectivity index (χ3n) is 9.97. The molecule has 0 unspecified atom stereocenters. The second kappa shape index (κ2) is 19.0. The van der Waals surface area contributed by atoms with Crippen molar-refractivity contribution in [2.75, 3.05) is 32.7 Å². The Balaban J connectivity index is 0.000000218. The predicted molar refractivity (Wildman–Crippen MR) is 227 cm³/mol. The number of nitrogens with one attached hydrogen (secondary N) is 3. The number of hydrogen-bond acceptors (Lipinski definition) is 9. The largest absolute Gasteiger partial charge is 0.370 e. The number of aromatic nitrogens is 6. The summed E-state index contributed by atoms with van der Waals surface area (Å²) in [5.41, 5.74) is 15.0. The Morgan fingerprint density at radius 3 is 2.23 bits per heavy atom. The minimum absolute atomic E-state index is 0.00411. The Kier molecular flexibility index (Phi) is 14.4. The minimum Gasteiger partial charge on any atom is -0.370 e. The highest BCUT2D eigenvalue weighted by molar-refractivity contribution is 7.89. The smallest absolute Gasteiger partial charge is 0.354 e. The van der Waals surface area contributed by atoms with Crippen molar-refractivity contribution in [3.05, 3.63) is 101 Å². The molecule has 1 fully saturated rings. The Labute approximate surface area is 336 Å². The molecule has 7 N–H and O–H groups in total. The topological polar surface area (TPSA) is 207 Å². The summed E-state index contributed by atoms with van der Waals surface area (Å²) in [6.07, 6.45) is 8.43. The summed E-state index contributed by atoms with van der Waals surface area (Å²) in [7, 11) is -3.54. The fourth-order valence-electron chi connectivity index (χ4n) is 6.61. The normalized spacial score (nSPS) is 14.1. The van der Waals surface area contributed by atoms with Crippen LogP contribution in [0.3, 0.4) is 0 Å². The van der Waals surface area contributed by atoms with Gasteiger partial charge in [-0.2, -0.15) is 9.29 Å². The van der Waals surface area contributed by atoms with Crippen LogP contribution in [-0.2, 0) is 33.9 Å². The second-order valence-electron chi connectivity index (χ2n) is 16.6. The Morgan fingerprint density at radius 2 is 1.61 bits per heavy atom. The van der Waals surface area contributed by atoms with Gasteiger partial charge in [0.1, 0.15) is 18.3 Å². The number of aliphatic imine (C=N–C) groups is 1. The van der Waals surface area contributed by atoms with Gasteiger partial charge in [0, 0.05) is 54.9 Å². The van der Waals surface area contributed by atoms with Crippen LogP contribution in [0.4, 0.5) is 0 Å². The maximum Gasteiger partial charge on any atom is 0.354 e. The summed E-state index contributed by atoms with van der Waals surface area (Å²) in [5, 5.41) is 15.2. The van der Waals surface area contributed by atoms with Gasteiger partial charge < -0.3 is 31.7 Å². The quantitative estimate of drug-likeness (QED) is 0.0616. The van der Waals surface area contributed by atoms with Crippen molar-refractivity contribution in [1.82, 2.24) is 44.2 Å². The molecule has 2 aromatic carbocycles. The average Bonchev–Trinajstić information content (AvgIpc) is 3.85. The lowest BCUT2D eigenvalue weighted by Crippen LogP contribution is -2.46. The van der Waals surface area contributed by atoms with E-state index >= 15 is 0 Å². The second-order valence-corrected chi connectivity index (χ2v) is 18.4. The van der Waals surface area contributed by atoms with Crippen molar-refractivity contribution in [3.8, 4) is 5.69 Å². The first kappa shape index (κ1) is 43.2. The summed E-state index contributed by atoms with van der Waals surface area (Å²) in [5.74, 6) is 0.123. The monoisotopic (exact) mass is 800 g/mol. The van der Waals surface area contributed by atoms with Gasteiger partial charge in [-0.15, -0.1) is 10.2 Å². The number of H-pyrrole nitrogens is 1. The molecular formula is C41H60N12O3S. The van der Waals surface area contributed by atoms with Gasteiger partial charge in [0.15, 0.2) is 5.96 Å². The lowest BCUT2D eigenvalue weighted by atomic mass is 9.87. The molecule has 0 spiro atoms. The Hall–Kier alpha value is -4.90. The number of aromatic amines is 1. The zero-order valence-corrected chi connectivity index (χ0v) is 35.0. The molecule has 0 bridgehead atoms. The molecule has 308 valence electrons. The van der Waals surface area contributed by atoms with Gasteiger partial charge in [-0.3, -0.25) is 9.56 Å². The number of hydrogen-bond donors (Lipinski definition) is 5. The molecule has 6 rings (SSSR count). The summed E-state index contributed by atoms with van der Waals surface area (Å²) < 4.78 is 32.1. The number of nitrogens with two attached hydrogens (primary N) is 2. The molecule has 1 saturated heterocycles.